The Morgan fingerprint density at radius 3 is 0.900 bits per heavy atom. The van der Waals surface area contributed by atoms with Crippen LogP contribution in [0.3, 0.4) is 0 Å². The van der Waals surface area contributed by atoms with Crippen molar-refractivity contribution < 1.29 is 153 Å². The van der Waals surface area contributed by atoms with Crippen LogP contribution in [-0.4, -0.2) is 148 Å². The molecule has 0 bridgehead atoms. The first-order valence-corrected chi connectivity index (χ1v) is 21.7. The van der Waals surface area contributed by atoms with Crippen LogP contribution in [0.15, 0.2) is 10.5 Å². The fraction of sp³-hybridized carbons (Fsp3) is 0. The smallest absolute Gasteiger partial charge is 0.205 e. The molecule has 80 heavy (non-hydrogen) atoms. The van der Waals surface area contributed by atoms with Gasteiger partial charge in [0.05, 0.1) is 43.6 Å². The van der Waals surface area contributed by atoms with Gasteiger partial charge in [0, 0.05) is 54.4 Å². The van der Waals surface area contributed by atoms with E-state index >= 15 is 0 Å². The number of phenols is 29. The molecule has 30 heteroatoms. The third-order valence-electron chi connectivity index (χ3n) is 14.0. The molecule has 29 N–H and O–H groups in total. The van der Waals surface area contributed by atoms with Gasteiger partial charge in [-0.05, 0) is 6.07 Å². The molecule has 0 amide bonds. The average molecular weight is 1110 g/mol. The first kappa shape index (κ1) is 49.7. The normalized spacial score (nSPS) is 11.9. The molecule has 30 nitrogen and oxygen atoms in total. The lowest BCUT2D eigenvalue weighted by Gasteiger charge is -2.25. The van der Waals surface area contributed by atoms with Crippen molar-refractivity contribution in [2.24, 2.45) is 0 Å². The molecule has 10 aromatic carbocycles. The van der Waals surface area contributed by atoms with Crippen LogP contribution in [0, 0.1) is 0 Å². The lowest BCUT2D eigenvalue weighted by molar-refractivity contribution is 0.349. The van der Waals surface area contributed by atoms with Crippen molar-refractivity contribution in [3.8, 4) is 200 Å². The number of benzene rings is 10. The van der Waals surface area contributed by atoms with Gasteiger partial charge in [0.25, 0.3) is 0 Å². The van der Waals surface area contributed by atoms with Gasteiger partial charge in [-0.15, -0.1) is 0 Å². The van der Waals surface area contributed by atoms with E-state index in [1.165, 1.54) is 0 Å². The first-order valence-electron chi connectivity index (χ1n) is 21.7. The summed E-state index contributed by atoms with van der Waals surface area (Å²) in [7, 11) is 0. The van der Waals surface area contributed by atoms with Crippen LogP contribution in [-0.2, 0) is 0 Å². The summed E-state index contributed by atoms with van der Waals surface area (Å²) in [4.78, 5) is 0. The molecule has 0 spiro atoms. The highest BCUT2D eigenvalue weighted by molar-refractivity contribution is 6.34. The van der Waals surface area contributed by atoms with E-state index in [0.29, 0.717) is 6.07 Å². The van der Waals surface area contributed by atoms with Gasteiger partial charge in [-0.25, -0.2) is 0 Å². The van der Waals surface area contributed by atoms with Crippen LogP contribution >= 0.6 is 0 Å². The molecule has 410 valence electrons. The molecule has 0 fully saturated rings. The van der Waals surface area contributed by atoms with Crippen molar-refractivity contribution in [1.29, 1.82) is 0 Å². The minimum absolute atomic E-state index is 0.475. The molecular weight excluding hydrogens is 1080 g/mol. The Labute approximate surface area is 433 Å². The van der Waals surface area contributed by atoms with Crippen molar-refractivity contribution in [2.45, 2.75) is 0 Å². The third-order valence-corrected chi connectivity index (χ3v) is 14.0. The van der Waals surface area contributed by atoms with E-state index in [2.05, 4.69) is 0 Å². The first-order chi connectivity index (χ1) is 37.4. The van der Waals surface area contributed by atoms with E-state index in [-0.39, 0.29) is 0 Å². The van der Waals surface area contributed by atoms with Crippen LogP contribution in [0.1, 0.15) is 0 Å². The Morgan fingerprint density at radius 2 is 0.438 bits per heavy atom. The third kappa shape index (κ3) is 5.46. The van der Waals surface area contributed by atoms with Gasteiger partial charge in [0.15, 0.2) is 109 Å². The topological polar surface area (TPSA) is 600 Å². The molecular formula is C50H30O30. The molecule has 11 rings (SSSR count). The zero-order valence-electron chi connectivity index (χ0n) is 38.5. The van der Waals surface area contributed by atoms with Crippen LogP contribution in [0.25, 0.3) is 109 Å². The number of hydrogen-bond acceptors (Lipinski definition) is 30. The summed E-state index contributed by atoms with van der Waals surface area (Å²) in [5.41, 5.74) is -11.4. The van der Waals surface area contributed by atoms with E-state index in [1.54, 1.807) is 0 Å². The zero-order chi connectivity index (χ0) is 58.7. The summed E-state index contributed by atoms with van der Waals surface area (Å²) in [6.45, 7) is 0. The maximum atomic E-state index is 12.6. The highest BCUT2D eigenvalue weighted by atomic mass is 16.4. The Bertz CT molecular complexity index is 4780. The molecule has 1 heterocycles. The van der Waals surface area contributed by atoms with E-state index < -0.39 is 276 Å². The number of aromatic hydroxyl groups is 29. The Balaban J connectivity index is 1.41. The molecule has 0 aliphatic rings. The second kappa shape index (κ2) is 15.3. The minimum atomic E-state index is -1.93. The lowest BCUT2D eigenvalue weighted by atomic mass is 9.81. The van der Waals surface area contributed by atoms with Crippen LogP contribution in [0.5, 0.6) is 167 Å². The maximum absolute atomic E-state index is 12.6. The van der Waals surface area contributed by atoms with Gasteiger partial charge in [-0.3, -0.25) is 0 Å². The molecule has 11 aromatic rings. The summed E-state index contributed by atoms with van der Waals surface area (Å²) >= 11 is 0. The molecule has 0 atom stereocenters. The molecule has 0 aliphatic carbocycles. The summed E-state index contributed by atoms with van der Waals surface area (Å²) in [5, 5.41) is 315. The predicted molar refractivity (Wildman–Crippen MR) is 266 cm³/mol. The van der Waals surface area contributed by atoms with Crippen molar-refractivity contribution >= 4 is 75.8 Å². The Morgan fingerprint density at radius 1 is 0.163 bits per heavy atom. The average Bonchev–Trinajstić information content (AvgIpc) is 3.90. The fourth-order valence-electron chi connectivity index (χ4n) is 10.4. The fourth-order valence-corrected chi connectivity index (χ4v) is 10.4. The highest BCUT2D eigenvalue weighted by Gasteiger charge is 2.41. The van der Waals surface area contributed by atoms with Crippen LogP contribution in [0.4, 0.5) is 0 Å². The van der Waals surface area contributed by atoms with Gasteiger partial charge in [0.1, 0.15) is 11.5 Å². The van der Waals surface area contributed by atoms with Gasteiger partial charge in [0.2, 0.25) is 57.5 Å². The standard InChI is InChI=1S/C50H30O30/c51-3-1-2-4(25(56)22(3)53)5-12(30(61)40(71)34(65)15(5)31(62)21(2)52)16-23(54)13(33(64)41(72)35(16)66)6-8-10(28(59)44(75)42(73)26(8)57)7(11-9(6)27(58)43(74)45(76)29(11)60)14-24(55)19-20-38(69)32(63)17-18(39(70)47(78)46(77)36(17)67)49(20)80-50(19)48(79)37(14)68/h1,51-79H. The Hall–Kier alpha value is -12.5. The van der Waals surface area contributed by atoms with Gasteiger partial charge < -0.3 is 153 Å². The lowest BCUT2D eigenvalue weighted by Crippen LogP contribution is -1.97. The molecule has 0 saturated carbocycles. The molecule has 0 radical (unpaired) electrons. The van der Waals surface area contributed by atoms with Crippen molar-refractivity contribution in [2.75, 3.05) is 0 Å². The second-order valence-electron chi connectivity index (χ2n) is 17.8. The second-order valence-corrected chi connectivity index (χ2v) is 17.8. The van der Waals surface area contributed by atoms with Crippen molar-refractivity contribution in [1.82, 2.24) is 0 Å². The summed E-state index contributed by atoms with van der Waals surface area (Å²) in [6.07, 6.45) is 0. The zero-order valence-corrected chi connectivity index (χ0v) is 38.5. The number of rotatable bonds is 3. The predicted octanol–water partition coefficient (Wildman–Crippen LogP) is 5.82. The van der Waals surface area contributed by atoms with E-state index in [1.807, 2.05) is 0 Å². The van der Waals surface area contributed by atoms with Crippen molar-refractivity contribution in [3.63, 3.8) is 0 Å². The molecule has 1 aromatic heterocycles. The summed E-state index contributed by atoms with van der Waals surface area (Å²) < 4.78 is 5.58. The summed E-state index contributed by atoms with van der Waals surface area (Å²) in [6, 6.07) is 0.475. The number of hydrogen-bond donors (Lipinski definition) is 29. The Kier molecular flexibility index (Phi) is 9.51. The highest BCUT2D eigenvalue weighted by Crippen LogP contribution is 2.70. The molecule has 0 saturated heterocycles. The van der Waals surface area contributed by atoms with E-state index in [0.717, 1.165) is 0 Å². The molecule has 0 aliphatic heterocycles. The van der Waals surface area contributed by atoms with Gasteiger partial charge >= 0.3 is 0 Å². The quantitative estimate of drug-likeness (QED) is 0.0429. The van der Waals surface area contributed by atoms with Gasteiger partial charge in [-0.2, -0.15) is 0 Å². The SMILES string of the molecule is Oc1cc2c(O)c(O)c3c(O)c(O)c(O)c(-c4c(O)c(O)c(O)c(-c5c6c(O)c(O)c(O)c(O)c6c(-c6c(O)c(O)c7oc8c9c(O)c(O)c(O)c(O)c9c(O)c(O)c8c7c6O)c6c(O)c(O)c(O)c(O)c56)c4O)c3c2c(O)c1O. The number of furan rings is 1. The van der Waals surface area contributed by atoms with Crippen LogP contribution < -0.4 is 0 Å². The monoisotopic (exact) mass is 1110 g/mol. The van der Waals surface area contributed by atoms with Gasteiger partial charge in [-0.1, -0.05) is 0 Å². The largest absolute Gasteiger partial charge is 0.506 e. The van der Waals surface area contributed by atoms with E-state index in [9.17, 15) is 148 Å². The van der Waals surface area contributed by atoms with Crippen molar-refractivity contribution in [3.05, 3.63) is 6.07 Å². The maximum Gasteiger partial charge on any atom is 0.205 e. The summed E-state index contributed by atoms with van der Waals surface area (Å²) in [5.74, 6) is -48.1. The van der Waals surface area contributed by atoms with E-state index in [4.69, 9.17) is 4.42 Å². The molecule has 0 unspecified atom stereocenters. The number of phenolic OH excluding ortho intramolecular Hbond substituents is 29. The number of fused-ring (bicyclic) bond motifs is 10. The van der Waals surface area contributed by atoms with Crippen LogP contribution in [0.2, 0.25) is 0 Å². The minimum Gasteiger partial charge on any atom is -0.506 e.